The first-order chi connectivity index (χ1) is 16.4. The number of pyridine rings is 1. The monoisotopic (exact) mass is 460 g/mol. The molecule has 0 spiro atoms. The third-order valence-electron chi connectivity index (χ3n) is 7.72. The van der Waals surface area contributed by atoms with E-state index >= 15 is 0 Å². The van der Waals surface area contributed by atoms with Gasteiger partial charge in [0, 0.05) is 30.7 Å². The van der Waals surface area contributed by atoms with Gasteiger partial charge in [-0.25, -0.2) is 18.8 Å². The van der Waals surface area contributed by atoms with E-state index in [0.717, 1.165) is 18.4 Å². The highest BCUT2D eigenvalue weighted by Crippen LogP contribution is 2.63. The molecule has 3 fully saturated rings. The van der Waals surface area contributed by atoms with Gasteiger partial charge in [0.1, 0.15) is 28.9 Å². The van der Waals surface area contributed by atoms with Gasteiger partial charge in [0.2, 0.25) is 5.91 Å². The molecule has 172 valence electrons. The van der Waals surface area contributed by atoms with Crippen molar-refractivity contribution in [3.05, 3.63) is 58.9 Å². The number of halogens is 2. The summed E-state index contributed by atoms with van der Waals surface area (Å²) in [5.41, 5.74) is 2.28. The number of aromatic nitrogens is 3. The molecule has 34 heavy (non-hydrogen) atoms. The molecule has 2 atom stereocenters. The van der Waals surface area contributed by atoms with Crippen molar-refractivity contribution in [1.82, 2.24) is 19.8 Å². The second-order valence-electron chi connectivity index (χ2n) is 9.85. The van der Waals surface area contributed by atoms with Crippen molar-refractivity contribution in [2.24, 2.45) is 22.4 Å². The number of benzene rings is 1. The van der Waals surface area contributed by atoms with Gasteiger partial charge in [-0.1, -0.05) is 0 Å². The van der Waals surface area contributed by atoms with Crippen molar-refractivity contribution < 1.29 is 13.6 Å². The van der Waals surface area contributed by atoms with Crippen LogP contribution in [0, 0.1) is 47.1 Å². The van der Waals surface area contributed by atoms with Crippen molar-refractivity contribution in [1.29, 1.82) is 5.26 Å². The average Bonchev–Trinajstić information content (AvgIpc) is 3.58. The molecule has 1 aromatic carbocycles. The number of nitrogens with zero attached hydrogens (tertiary/aromatic N) is 6. The number of nitriles is 1. The van der Waals surface area contributed by atoms with Gasteiger partial charge in [-0.3, -0.25) is 9.48 Å². The summed E-state index contributed by atoms with van der Waals surface area (Å²) in [6, 6.07) is 7.33. The molecule has 3 aliphatic carbocycles. The summed E-state index contributed by atoms with van der Waals surface area (Å²) in [5, 5.41) is 19.2. The highest BCUT2D eigenvalue weighted by molar-refractivity contribution is 5.83. The summed E-state index contributed by atoms with van der Waals surface area (Å²) in [4.78, 5) is 17.8. The molecule has 2 aromatic heterocycles. The van der Waals surface area contributed by atoms with Crippen LogP contribution in [0.1, 0.15) is 48.5 Å². The Morgan fingerprint density at radius 1 is 1.24 bits per heavy atom. The van der Waals surface area contributed by atoms with E-state index in [4.69, 9.17) is 5.26 Å². The fraction of sp³-hybridized carbons (Fsp3) is 0.400. The lowest BCUT2D eigenvalue weighted by molar-refractivity contribution is -0.138. The van der Waals surface area contributed by atoms with E-state index in [1.807, 2.05) is 16.8 Å². The molecule has 0 N–H and O–H groups in total. The fourth-order valence-electron chi connectivity index (χ4n) is 6.06. The van der Waals surface area contributed by atoms with E-state index in [9.17, 15) is 13.6 Å². The number of carbonyl (C=O) groups excluding carboxylic acids is 1. The Bertz CT molecular complexity index is 1400. The number of aryl methyl sites for hydroxylation is 1. The quantitative estimate of drug-likeness (QED) is 0.582. The van der Waals surface area contributed by atoms with E-state index in [2.05, 4.69) is 15.2 Å². The van der Waals surface area contributed by atoms with Crippen molar-refractivity contribution in [2.75, 3.05) is 0 Å². The van der Waals surface area contributed by atoms with Gasteiger partial charge >= 0.3 is 0 Å². The van der Waals surface area contributed by atoms with E-state index in [1.54, 1.807) is 18.5 Å². The van der Waals surface area contributed by atoms with Crippen LogP contribution in [0.5, 0.6) is 0 Å². The number of carbonyl (C=O) groups is 1. The van der Waals surface area contributed by atoms with E-state index in [1.165, 1.54) is 24.1 Å². The Hall–Kier alpha value is -3.67. The molecule has 2 unspecified atom stereocenters. The number of rotatable bonds is 4. The van der Waals surface area contributed by atoms with Gasteiger partial charge in [0.15, 0.2) is 0 Å². The minimum Gasteiger partial charge on any atom is -0.273 e. The second kappa shape index (κ2) is 7.42. The summed E-state index contributed by atoms with van der Waals surface area (Å²) in [7, 11) is 0. The van der Waals surface area contributed by atoms with Crippen LogP contribution in [-0.2, 0) is 11.3 Å². The Kier molecular flexibility index (Phi) is 4.56. The zero-order chi connectivity index (χ0) is 23.6. The largest absolute Gasteiger partial charge is 0.273 e. The summed E-state index contributed by atoms with van der Waals surface area (Å²) in [6.07, 6.45) is 6.19. The number of fused-ring (bicyclic) bond motifs is 2. The molecule has 2 bridgehead atoms. The number of amides is 1. The Morgan fingerprint density at radius 3 is 2.85 bits per heavy atom. The lowest BCUT2D eigenvalue weighted by Crippen LogP contribution is -2.36. The summed E-state index contributed by atoms with van der Waals surface area (Å²) >= 11 is 0. The Morgan fingerprint density at radius 2 is 2.06 bits per heavy atom. The van der Waals surface area contributed by atoms with Gasteiger partial charge in [-0.2, -0.15) is 15.5 Å². The molecule has 0 radical (unpaired) electrons. The third kappa shape index (κ3) is 3.12. The maximum atomic E-state index is 14.6. The molecule has 4 aliphatic rings. The zero-order valence-electron chi connectivity index (χ0n) is 18.6. The standard InChI is InChI=1S/C25H22F2N6O/c1-14-6-20(27)17(7-19(14)26)22-4-5-29-33(22)24(34)18-10-25(8-15(18)9-25)13-32-23-3-2-16(11-28)31-21(23)12-30-32/h2-3,5-7,12,15,18,22H,4,8-10,13H2,1H3. The fourth-order valence-corrected chi connectivity index (χ4v) is 6.06. The first-order valence-electron chi connectivity index (χ1n) is 11.4. The minimum atomic E-state index is -0.619. The predicted molar refractivity (Wildman–Crippen MR) is 119 cm³/mol. The molecule has 3 saturated carbocycles. The van der Waals surface area contributed by atoms with Gasteiger partial charge in [-0.15, -0.1) is 0 Å². The molecule has 3 aromatic rings. The van der Waals surface area contributed by atoms with Crippen LogP contribution in [-0.4, -0.2) is 31.9 Å². The number of hydrazone groups is 1. The molecular formula is C25H22F2N6O. The minimum absolute atomic E-state index is 0.0298. The Labute approximate surface area is 194 Å². The molecule has 9 heteroatoms. The van der Waals surface area contributed by atoms with E-state index in [-0.39, 0.29) is 34.3 Å². The van der Waals surface area contributed by atoms with Crippen molar-refractivity contribution >= 4 is 23.2 Å². The second-order valence-corrected chi connectivity index (χ2v) is 9.85. The van der Waals surface area contributed by atoms with Crippen LogP contribution in [0.25, 0.3) is 11.0 Å². The van der Waals surface area contributed by atoms with Crippen molar-refractivity contribution in [3.63, 3.8) is 0 Å². The first-order valence-corrected chi connectivity index (χ1v) is 11.4. The highest BCUT2D eigenvalue weighted by atomic mass is 19.1. The third-order valence-corrected chi connectivity index (χ3v) is 7.72. The first kappa shape index (κ1) is 20.9. The van der Waals surface area contributed by atoms with Crippen LogP contribution in [0.15, 0.2) is 35.6 Å². The molecule has 3 heterocycles. The lowest BCUT2D eigenvalue weighted by atomic mass is 9.69. The molecule has 7 rings (SSSR count). The topological polar surface area (TPSA) is 87.2 Å². The van der Waals surface area contributed by atoms with Crippen LogP contribution in [0.3, 0.4) is 0 Å². The maximum Gasteiger partial charge on any atom is 0.246 e. The predicted octanol–water partition coefficient (Wildman–Crippen LogP) is 4.27. The summed E-state index contributed by atoms with van der Waals surface area (Å²) in [5.74, 6) is -1.05. The normalized spacial score (nSPS) is 27.2. The summed E-state index contributed by atoms with van der Waals surface area (Å²) < 4.78 is 30.7. The molecular weight excluding hydrogens is 438 g/mol. The zero-order valence-corrected chi connectivity index (χ0v) is 18.6. The van der Waals surface area contributed by atoms with Gasteiger partial charge in [0.25, 0.3) is 0 Å². The van der Waals surface area contributed by atoms with Gasteiger partial charge in [-0.05, 0) is 67.3 Å². The summed E-state index contributed by atoms with van der Waals surface area (Å²) in [6.45, 7) is 2.19. The van der Waals surface area contributed by atoms with Crippen LogP contribution in [0.2, 0.25) is 0 Å². The smallest absolute Gasteiger partial charge is 0.246 e. The Balaban J connectivity index is 1.20. The number of hydrogen-bond acceptors (Lipinski definition) is 5. The van der Waals surface area contributed by atoms with Crippen LogP contribution in [0.4, 0.5) is 8.78 Å². The number of hydrogen-bond donors (Lipinski definition) is 0. The SMILES string of the molecule is Cc1cc(F)c(C2CC=NN2C(=O)C2CC3(Cn4ncc5nc(C#N)ccc54)CC2C3)cc1F. The molecule has 1 aliphatic heterocycles. The van der Waals surface area contributed by atoms with Gasteiger partial charge in [0.05, 0.1) is 17.8 Å². The van der Waals surface area contributed by atoms with Crippen LogP contribution >= 0.6 is 0 Å². The van der Waals surface area contributed by atoms with Crippen LogP contribution < -0.4 is 0 Å². The lowest BCUT2D eigenvalue weighted by Gasteiger charge is -2.38. The molecule has 7 nitrogen and oxygen atoms in total. The molecule has 1 amide bonds. The van der Waals surface area contributed by atoms with E-state index in [0.29, 0.717) is 30.6 Å². The molecule has 0 saturated heterocycles. The van der Waals surface area contributed by atoms with E-state index < -0.39 is 17.7 Å². The maximum absolute atomic E-state index is 14.6. The highest BCUT2D eigenvalue weighted by Gasteiger charge is 2.59. The average molecular weight is 460 g/mol. The van der Waals surface area contributed by atoms with Crippen molar-refractivity contribution in [2.45, 2.75) is 45.2 Å². The van der Waals surface area contributed by atoms with Gasteiger partial charge < -0.3 is 0 Å². The van der Waals surface area contributed by atoms with Crippen molar-refractivity contribution in [3.8, 4) is 6.07 Å².